The second kappa shape index (κ2) is 4.68. The molecule has 2 fully saturated rings. The Kier molecular flexibility index (Phi) is 3.02. The van der Waals surface area contributed by atoms with Crippen molar-refractivity contribution in [2.45, 2.75) is 5.54 Å². The lowest BCUT2D eigenvalue weighted by atomic mass is 10.0. The zero-order valence-electron chi connectivity index (χ0n) is 10.2. The highest BCUT2D eigenvalue weighted by atomic mass is 16.6. The molecule has 0 unspecified atom stereocenters. The summed E-state index contributed by atoms with van der Waals surface area (Å²) in [6, 6.07) is 3.45. The molecular formula is C11H15N3O4. The van der Waals surface area contributed by atoms with Gasteiger partial charge in [0.15, 0.2) is 0 Å². The summed E-state index contributed by atoms with van der Waals surface area (Å²) >= 11 is 0. The van der Waals surface area contributed by atoms with E-state index in [9.17, 15) is 0 Å². The molecule has 0 bridgehead atoms. The van der Waals surface area contributed by atoms with Crippen LogP contribution >= 0.6 is 0 Å². The van der Waals surface area contributed by atoms with E-state index in [4.69, 9.17) is 18.9 Å². The van der Waals surface area contributed by atoms with Crippen LogP contribution in [0.15, 0.2) is 12.1 Å². The van der Waals surface area contributed by atoms with E-state index < -0.39 is 0 Å². The fraction of sp³-hybridized carbons (Fsp3) is 0.636. The lowest BCUT2D eigenvalue weighted by Crippen LogP contribution is -2.48. The molecule has 3 rings (SSSR count). The SMILES string of the molecule is COc1ccc(OCC23COCN2COC3)nn1. The van der Waals surface area contributed by atoms with Crippen molar-refractivity contribution in [3.63, 3.8) is 0 Å². The van der Waals surface area contributed by atoms with Gasteiger partial charge in [-0.25, -0.2) is 4.90 Å². The normalized spacial score (nSPS) is 21.8. The molecule has 0 atom stereocenters. The Morgan fingerprint density at radius 2 is 1.89 bits per heavy atom. The highest BCUT2D eigenvalue weighted by molar-refractivity contribution is 5.15. The van der Waals surface area contributed by atoms with Gasteiger partial charge in [-0.3, -0.25) is 0 Å². The molecule has 0 amide bonds. The van der Waals surface area contributed by atoms with Crippen LogP contribution in [-0.2, 0) is 9.47 Å². The molecule has 0 N–H and O–H groups in total. The summed E-state index contributed by atoms with van der Waals surface area (Å²) < 4.78 is 21.5. The van der Waals surface area contributed by atoms with Gasteiger partial charge in [0.05, 0.1) is 20.3 Å². The third-order valence-electron chi connectivity index (χ3n) is 3.22. The number of rotatable bonds is 4. The average molecular weight is 253 g/mol. The molecule has 18 heavy (non-hydrogen) atoms. The Labute approximate surface area is 105 Å². The monoisotopic (exact) mass is 253 g/mol. The molecule has 1 aromatic heterocycles. The molecule has 0 radical (unpaired) electrons. The van der Waals surface area contributed by atoms with Gasteiger partial charge in [0.2, 0.25) is 11.8 Å². The number of nitrogens with zero attached hydrogens (tertiary/aromatic N) is 3. The molecule has 0 saturated carbocycles. The van der Waals surface area contributed by atoms with E-state index in [1.54, 1.807) is 19.2 Å². The molecule has 3 heterocycles. The van der Waals surface area contributed by atoms with E-state index in [2.05, 4.69) is 15.1 Å². The van der Waals surface area contributed by atoms with Crippen molar-refractivity contribution in [3.8, 4) is 11.8 Å². The van der Waals surface area contributed by atoms with Crippen molar-refractivity contribution < 1.29 is 18.9 Å². The number of hydrogen-bond acceptors (Lipinski definition) is 7. The number of ether oxygens (including phenoxy) is 4. The molecule has 2 aliphatic heterocycles. The summed E-state index contributed by atoms with van der Waals surface area (Å²) in [4.78, 5) is 2.13. The first-order valence-electron chi connectivity index (χ1n) is 5.73. The van der Waals surface area contributed by atoms with Crippen LogP contribution in [-0.4, -0.2) is 61.0 Å². The lowest BCUT2D eigenvalue weighted by molar-refractivity contribution is 0.0693. The fourth-order valence-corrected chi connectivity index (χ4v) is 2.10. The minimum atomic E-state index is -0.179. The fourth-order valence-electron chi connectivity index (χ4n) is 2.10. The van der Waals surface area contributed by atoms with Crippen LogP contribution < -0.4 is 9.47 Å². The maximum absolute atomic E-state index is 5.66. The summed E-state index contributed by atoms with van der Waals surface area (Å²) in [5.74, 6) is 0.944. The van der Waals surface area contributed by atoms with Crippen LogP contribution in [0.25, 0.3) is 0 Å². The van der Waals surface area contributed by atoms with Gasteiger partial charge in [-0.2, -0.15) is 0 Å². The van der Waals surface area contributed by atoms with Crippen molar-refractivity contribution in [2.75, 3.05) is 40.4 Å². The first-order valence-corrected chi connectivity index (χ1v) is 5.73. The number of fused-ring (bicyclic) bond motifs is 1. The van der Waals surface area contributed by atoms with Crippen LogP contribution in [0.1, 0.15) is 0 Å². The average Bonchev–Trinajstić information content (AvgIpc) is 2.96. The van der Waals surface area contributed by atoms with Gasteiger partial charge in [0.25, 0.3) is 0 Å². The van der Waals surface area contributed by atoms with Gasteiger partial charge in [0, 0.05) is 12.1 Å². The zero-order valence-corrected chi connectivity index (χ0v) is 10.2. The Morgan fingerprint density at radius 3 is 2.50 bits per heavy atom. The zero-order chi connectivity index (χ0) is 12.4. The molecule has 0 aliphatic carbocycles. The molecular weight excluding hydrogens is 238 g/mol. The van der Waals surface area contributed by atoms with E-state index in [-0.39, 0.29) is 5.54 Å². The smallest absolute Gasteiger partial charge is 0.233 e. The predicted octanol–water partition coefficient (Wildman–Crippen LogP) is -0.120. The van der Waals surface area contributed by atoms with E-state index in [1.165, 1.54) is 0 Å². The molecule has 2 saturated heterocycles. The van der Waals surface area contributed by atoms with Crippen molar-refractivity contribution in [3.05, 3.63) is 12.1 Å². The second-order valence-corrected chi connectivity index (χ2v) is 4.42. The number of aromatic nitrogens is 2. The van der Waals surface area contributed by atoms with E-state index in [0.29, 0.717) is 45.0 Å². The number of hydrogen-bond donors (Lipinski definition) is 0. The standard InChI is InChI=1S/C11H15N3O4/c1-15-9-2-3-10(13-12-9)18-6-11-4-16-7-14(11)8-17-5-11/h2-3H,4-8H2,1H3. The maximum atomic E-state index is 5.66. The van der Waals surface area contributed by atoms with Gasteiger partial charge >= 0.3 is 0 Å². The predicted molar refractivity (Wildman–Crippen MR) is 60.3 cm³/mol. The Morgan fingerprint density at radius 1 is 1.22 bits per heavy atom. The highest BCUT2D eigenvalue weighted by Crippen LogP contribution is 2.28. The molecule has 98 valence electrons. The van der Waals surface area contributed by atoms with Crippen molar-refractivity contribution in [1.29, 1.82) is 0 Å². The molecule has 7 heteroatoms. The number of methoxy groups -OCH3 is 1. The Balaban J connectivity index is 1.63. The van der Waals surface area contributed by atoms with Crippen molar-refractivity contribution in [1.82, 2.24) is 15.1 Å². The first kappa shape index (κ1) is 11.6. The summed E-state index contributed by atoms with van der Waals surface area (Å²) in [5, 5.41) is 7.78. The van der Waals surface area contributed by atoms with Crippen LogP contribution in [0, 0.1) is 0 Å². The van der Waals surface area contributed by atoms with E-state index in [0.717, 1.165) is 0 Å². The maximum Gasteiger partial charge on any atom is 0.233 e. The van der Waals surface area contributed by atoms with Crippen LogP contribution in [0.2, 0.25) is 0 Å². The van der Waals surface area contributed by atoms with Crippen LogP contribution in [0.4, 0.5) is 0 Å². The van der Waals surface area contributed by atoms with E-state index in [1.807, 2.05) is 0 Å². The van der Waals surface area contributed by atoms with Gasteiger partial charge in [-0.05, 0) is 0 Å². The minimum absolute atomic E-state index is 0.179. The third-order valence-corrected chi connectivity index (χ3v) is 3.22. The second-order valence-electron chi connectivity index (χ2n) is 4.42. The first-order chi connectivity index (χ1) is 8.82. The quantitative estimate of drug-likeness (QED) is 0.741. The van der Waals surface area contributed by atoms with Crippen LogP contribution in [0.3, 0.4) is 0 Å². The third kappa shape index (κ3) is 2.00. The summed E-state index contributed by atoms with van der Waals surface area (Å²) in [6.07, 6.45) is 0. The summed E-state index contributed by atoms with van der Waals surface area (Å²) in [5.41, 5.74) is -0.179. The molecule has 2 aliphatic rings. The Hall–Kier alpha value is -1.44. The van der Waals surface area contributed by atoms with Gasteiger partial charge in [0.1, 0.15) is 25.6 Å². The van der Waals surface area contributed by atoms with Crippen molar-refractivity contribution >= 4 is 0 Å². The largest absolute Gasteiger partial charge is 0.480 e. The Bertz CT molecular complexity index is 401. The summed E-state index contributed by atoms with van der Waals surface area (Å²) in [7, 11) is 1.55. The van der Waals surface area contributed by atoms with Gasteiger partial charge in [-0.15, -0.1) is 10.2 Å². The van der Waals surface area contributed by atoms with Gasteiger partial charge < -0.3 is 18.9 Å². The van der Waals surface area contributed by atoms with E-state index >= 15 is 0 Å². The van der Waals surface area contributed by atoms with Gasteiger partial charge in [-0.1, -0.05) is 0 Å². The lowest BCUT2D eigenvalue weighted by Gasteiger charge is -2.26. The molecule has 7 nitrogen and oxygen atoms in total. The van der Waals surface area contributed by atoms with Crippen LogP contribution in [0.5, 0.6) is 11.8 Å². The topological polar surface area (TPSA) is 65.9 Å². The molecule has 1 aromatic rings. The highest BCUT2D eigenvalue weighted by Gasteiger charge is 2.47. The minimum Gasteiger partial charge on any atom is -0.480 e. The molecule has 0 aromatic carbocycles. The van der Waals surface area contributed by atoms with Crippen molar-refractivity contribution in [2.24, 2.45) is 0 Å². The molecule has 0 spiro atoms. The summed E-state index contributed by atoms with van der Waals surface area (Å²) in [6.45, 7) is 2.91.